The molecule has 0 aliphatic rings. The third-order valence-corrected chi connectivity index (χ3v) is 1.60. The second-order valence-electron chi connectivity index (χ2n) is 2.08. The van der Waals surface area contributed by atoms with Crippen molar-refractivity contribution in [2.24, 2.45) is 5.92 Å². The standard InChI is InChI=1S/C7H12O2S/c1-4-9-7(8)5(2)6(3)10/h5H,4H2,1-3H3. The van der Waals surface area contributed by atoms with Gasteiger partial charge in [-0.2, -0.15) is 0 Å². The fraction of sp³-hybridized carbons (Fsp3) is 0.714. The van der Waals surface area contributed by atoms with Crippen LogP contribution < -0.4 is 0 Å². The van der Waals surface area contributed by atoms with E-state index in [2.05, 4.69) is 0 Å². The third kappa shape index (κ3) is 2.92. The first-order valence-corrected chi connectivity index (χ1v) is 3.67. The molecular formula is C7H12O2S. The minimum atomic E-state index is -0.241. The molecule has 0 spiro atoms. The number of carbonyl (C=O) groups is 1. The van der Waals surface area contributed by atoms with Crippen molar-refractivity contribution >= 4 is 23.1 Å². The van der Waals surface area contributed by atoms with Gasteiger partial charge in [-0.05, 0) is 20.8 Å². The number of rotatable bonds is 3. The molecule has 0 aromatic carbocycles. The Morgan fingerprint density at radius 3 is 2.50 bits per heavy atom. The molecule has 1 unspecified atom stereocenters. The molecule has 0 heterocycles. The Labute approximate surface area is 66.6 Å². The summed E-state index contributed by atoms with van der Waals surface area (Å²) in [5, 5.41) is 0. The highest BCUT2D eigenvalue weighted by Gasteiger charge is 2.14. The van der Waals surface area contributed by atoms with Crippen LogP contribution in [0.2, 0.25) is 0 Å². The van der Waals surface area contributed by atoms with Crippen LogP contribution in [-0.4, -0.2) is 17.4 Å². The summed E-state index contributed by atoms with van der Waals surface area (Å²) in [7, 11) is 0. The number of hydrogen-bond donors (Lipinski definition) is 0. The third-order valence-electron chi connectivity index (χ3n) is 1.25. The van der Waals surface area contributed by atoms with Crippen LogP contribution in [0.4, 0.5) is 0 Å². The largest absolute Gasteiger partial charge is 0.466 e. The highest BCUT2D eigenvalue weighted by Crippen LogP contribution is 2.01. The molecule has 0 radical (unpaired) electrons. The summed E-state index contributed by atoms with van der Waals surface area (Å²) in [6.45, 7) is 5.70. The molecule has 0 saturated carbocycles. The Hall–Kier alpha value is -0.440. The van der Waals surface area contributed by atoms with E-state index in [-0.39, 0.29) is 11.9 Å². The van der Waals surface area contributed by atoms with E-state index in [1.54, 1.807) is 20.8 Å². The molecule has 10 heavy (non-hydrogen) atoms. The molecule has 0 aliphatic carbocycles. The lowest BCUT2D eigenvalue weighted by Crippen LogP contribution is -2.19. The molecule has 3 heteroatoms. The van der Waals surface area contributed by atoms with Crippen LogP contribution in [0.25, 0.3) is 0 Å². The van der Waals surface area contributed by atoms with E-state index in [0.717, 1.165) is 0 Å². The van der Waals surface area contributed by atoms with Gasteiger partial charge in [-0.25, -0.2) is 0 Å². The first kappa shape index (κ1) is 9.56. The maximum Gasteiger partial charge on any atom is 0.313 e. The molecule has 0 rings (SSSR count). The second-order valence-corrected chi connectivity index (χ2v) is 2.73. The lowest BCUT2D eigenvalue weighted by molar-refractivity contribution is -0.144. The van der Waals surface area contributed by atoms with Crippen molar-refractivity contribution in [3.05, 3.63) is 0 Å². The zero-order valence-corrected chi connectivity index (χ0v) is 7.33. The number of hydrogen-bond acceptors (Lipinski definition) is 3. The number of thiocarbonyl (C=S) groups is 1. The lowest BCUT2D eigenvalue weighted by Gasteiger charge is -2.07. The average Bonchev–Trinajstić information content (AvgIpc) is 1.87. The van der Waals surface area contributed by atoms with Crippen molar-refractivity contribution in [1.29, 1.82) is 0 Å². The molecule has 0 aromatic rings. The van der Waals surface area contributed by atoms with E-state index in [9.17, 15) is 4.79 Å². The Balaban J connectivity index is 3.82. The average molecular weight is 160 g/mol. The second kappa shape index (κ2) is 4.39. The maximum absolute atomic E-state index is 10.9. The highest BCUT2D eigenvalue weighted by molar-refractivity contribution is 7.80. The maximum atomic E-state index is 10.9. The van der Waals surface area contributed by atoms with E-state index in [1.165, 1.54) is 0 Å². The van der Waals surface area contributed by atoms with Crippen LogP contribution in [0, 0.1) is 5.92 Å². The number of esters is 1. The van der Waals surface area contributed by atoms with Crippen LogP contribution in [0.5, 0.6) is 0 Å². The van der Waals surface area contributed by atoms with Crippen molar-refractivity contribution in [2.75, 3.05) is 6.61 Å². The van der Waals surface area contributed by atoms with Crippen molar-refractivity contribution in [3.8, 4) is 0 Å². The fourth-order valence-electron chi connectivity index (χ4n) is 0.433. The molecule has 2 nitrogen and oxygen atoms in total. The SMILES string of the molecule is CCOC(=O)C(C)C(C)=S. The van der Waals surface area contributed by atoms with Gasteiger partial charge in [0.1, 0.15) is 0 Å². The summed E-state index contributed by atoms with van der Waals surface area (Å²) in [4.78, 5) is 11.6. The van der Waals surface area contributed by atoms with Crippen LogP contribution in [0.1, 0.15) is 20.8 Å². The summed E-state index contributed by atoms with van der Waals surface area (Å²) in [6.07, 6.45) is 0. The monoisotopic (exact) mass is 160 g/mol. The lowest BCUT2D eigenvalue weighted by atomic mass is 10.1. The van der Waals surface area contributed by atoms with Crippen LogP contribution >= 0.6 is 12.2 Å². The van der Waals surface area contributed by atoms with Gasteiger partial charge in [0.15, 0.2) is 0 Å². The Morgan fingerprint density at radius 2 is 2.20 bits per heavy atom. The van der Waals surface area contributed by atoms with E-state index < -0.39 is 0 Å². The normalized spacial score (nSPS) is 12.3. The molecule has 0 amide bonds. The zero-order valence-electron chi connectivity index (χ0n) is 6.51. The molecule has 1 atom stereocenters. The molecule has 0 N–H and O–H groups in total. The molecular weight excluding hydrogens is 148 g/mol. The van der Waals surface area contributed by atoms with E-state index >= 15 is 0 Å². The molecule has 0 aliphatic heterocycles. The minimum Gasteiger partial charge on any atom is -0.466 e. The van der Waals surface area contributed by atoms with E-state index in [4.69, 9.17) is 17.0 Å². The fourth-order valence-corrected chi connectivity index (χ4v) is 0.529. The topological polar surface area (TPSA) is 26.3 Å². The van der Waals surface area contributed by atoms with Crippen molar-refractivity contribution in [3.63, 3.8) is 0 Å². The molecule has 0 saturated heterocycles. The van der Waals surface area contributed by atoms with Gasteiger partial charge in [-0.3, -0.25) is 4.79 Å². The smallest absolute Gasteiger partial charge is 0.313 e. The van der Waals surface area contributed by atoms with E-state index in [1.807, 2.05) is 0 Å². The predicted molar refractivity (Wildman–Crippen MR) is 44.1 cm³/mol. The zero-order chi connectivity index (χ0) is 8.15. The van der Waals surface area contributed by atoms with Gasteiger partial charge in [0, 0.05) is 4.86 Å². The summed E-state index contributed by atoms with van der Waals surface area (Å²) < 4.78 is 4.74. The summed E-state index contributed by atoms with van der Waals surface area (Å²) in [5.41, 5.74) is 0. The molecule has 58 valence electrons. The Kier molecular flexibility index (Phi) is 4.19. The Bertz CT molecular complexity index is 143. The van der Waals surface area contributed by atoms with Gasteiger partial charge in [0.2, 0.25) is 0 Å². The minimum absolute atomic E-state index is 0.227. The quantitative estimate of drug-likeness (QED) is 0.463. The Morgan fingerprint density at radius 1 is 1.70 bits per heavy atom. The van der Waals surface area contributed by atoms with Crippen molar-refractivity contribution in [1.82, 2.24) is 0 Å². The van der Waals surface area contributed by atoms with Gasteiger partial charge in [-0.1, -0.05) is 12.2 Å². The van der Waals surface area contributed by atoms with Gasteiger partial charge >= 0.3 is 5.97 Å². The summed E-state index contributed by atoms with van der Waals surface area (Å²) in [6, 6.07) is 0. The van der Waals surface area contributed by atoms with Gasteiger partial charge in [-0.15, -0.1) is 0 Å². The molecule has 0 fully saturated rings. The molecule has 0 aromatic heterocycles. The highest BCUT2D eigenvalue weighted by atomic mass is 32.1. The van der Waals surface area contributed by atoms with Gasteiger partial charge < -0.3 is 4.74 Å². The van der Waals surface area contributed by atoms with Crippen LogP contribution in [0.3, 0.4) is 0 Å². The van der Waals surface area contributed by atoms with Crippen molar-refractivity contribution < 1.29 is 9.53 Å². The van der Waals surface area contributed by atoms with Gasteiger partial charge in [0.05, 0.1) is 12.5 Å². The molecule has 0 bridgehead atoms. The number of ether oxygens (including phenoxy) is 1. The summed E-state index contributed by atoms with van der Waals surface area (Å²) >= 11 is 4.81. The van der Waals surface area contributed by atoms with Gasteiger partial charge in [0.25, 0.3) is 0 Å². The van der Waals surface area contributed by atoms with Crippen LogP contribution in [0.15, 0.2) is 0 Å². The van der Waals surface area contributed by atoms with Crippen LogP contribution in [-0.2, 0) is 9.53 Å². The first-order chi connectivity index (χ1) is 4.59. The van der Waals surface area contributed by atoms with E-state index in [0.29, 0.717) is 11.5 Å². The first-order valence-electron chi connectivity index (χ1n) is 3.26. The number of carbonyl (C=O) groups excluding carboxylic acids is 1. The van der Waals surface area contributed by atoms with Crippen molar-refractivity contribution in [2.45, 2.75) is 20.8 Å². The summed E-state index contributed by atoms with van der Waals surface area (Å²) in [5.74, 6) is -0.468. The predicted octanol–water partition coefficient (Wildman–Crippen LogP) is 1.58.